The Balaban J connectivity index is 4.15. The van der Waals surface area contributed by atoms with Gasteiger partial charge in [0.1, 0.15) is 5.54 Å². The van der Waals surface area contributed by atoms with E-state index in [0.717, 1.165) is 13.1 Å². The van der Waals surface area contributed by atoms with E-state index in [1.807, 2.05) is 13.8 Å². The van der Waals surface area contributed by atoms with E-state index >= 15 is 0 Å². The molecule has 0 fully saturated rings. The number of hydrogen-bond donors (Lipinski definition) is 4. The molecule has 0 aliphatic heterocycles. The lowest BCUT2D eigenvalue weighted by atomic mass is 10.0. The Labute approximate surface area is 102 Å². The summed E-state index contributed by atoms with van der Waals surface area (Å²) in [4.78, 5) is 13.7. The average Bonchev–Trinajstić information content (AvgIpc) is 2.37. The Bertz CT molecular complexity index is 207. The van der Waals surface area contributed by atoms with Gasteiger partial charge in [0.15, 0.2) is 0 Å². The zero-order chi connectivity index (χ0) is 13.3. The highest BCUT2D eigenvalue weighted by Gasteiger charge is 2.29. The lowest BCUT2D eigenvalue weighted by Gasteiger charge is -2.29. The summed E-state index contributed by atoms with van der Waals surface area (Å²) in [6.45, 7) is 4.92. The lowest BCUT2D eigenvalue weighted by Crippen LogP contribution is -2.57. The largest absolute Gasteiger partial charge is 0.394 e. The van der Waals surface area contributed by atoms with Crippen molar-refractivity contribution in [2.24, 2.45) is 0 Å². The molecule has 4 N–H and O–H groups in total. The third kappa shape index (κ3) is 5.45. The molecule has 0 spiro atoms. The Hall–Kier alpha value is -0.690. The molecule has 0 aliphatic carbocycles. The van der Waals surface area contributed by atoms with Gasteiger partial charge in [0.2, 0.25) is 5.91 Å². The fourth-order valence-corrected chi connectivity index (χ4v) is 1.43. The quantitative estimate of drug-likeness (QED) is 0.401. The standard InChI is InChI=1S/C11H24N2O4/c1-3-13(4-2)6-5-10(17)12-11(7-14,8-15)9-16/h14-16H,3-9H2,1-2H3,(H,12,17). The first-order valence-electron chi connectivity index (χ1n) is 5.93. The Morgan fingerprint density at radius 2 is 1.59 bits per heavy atom. The minimum Gasteiger partial charge on any atom is -0.394 e. The Morgan fingerprint density at radius 3 is 1.94 bits per heavy atom. The van der Waals surface area contributed by atoms with Gasteiger partial charge in [-0.3, -0.25) is 4.79 Å². The van der Waals surface area contributed by atoms with Gasteiger partial charge in [-0.2, -0.15) is 0 Å². The van der Waals surface area contributed by atoms with Gasteiger partial charge in [0, 0.05) is 13.0 Å². The second-order valence-electron chi connectivity index (χ2n) is 4.08. The van der Waals surface area contributed by atoms with E-state index < -0.39 is 25.4 Å². The number of rotatable bonds is 9. The molecule has 0 atom stereocenters. The molecular weight excluding hydrogens is 224 g/mol. The van der Waals surface area contributed by atoms with E-state index in [1.54, 1.807) is 0 Å². The molecule has 0 saturated carbocycles. The summed E-state index contributed by atoms with van der Waals surface area (Å²) in [5.41, 5.74) is -1.32. The second kappa shape index (κ2) is 8.41. The molecule has 1 amide bonds. The van der Waals surface area contributed by atoms with Crippen LogP contribution in [0.4, 0.5) is 0 Å². The number of amides is 1. The zero-order valence-electron chi connectivity index (χ0n) is 10.6. The van der Waals surface area contributed by atoms with Gasteiger partial charge >= 0.3 is 0 Å². The molecular formula is C11H24N2O4. The SMILES string of the molecule is CCN(CC)CCC(=O)NC(CO)(CO)CO. The second-order valence-corrected chi connectivity index (χ2v) is 4.08. The average molecular weight is 248 g/mol. The predicted octanol–water partition coefficient (Wildman–Crippen LogP) is -1.45. The van der Waals surface area contributed by atoms with Crippen LogP contribution in [0, 0.1) is 0 Å². The topological polar surface area (TPSA) is 93.0 Å². The van der Waals surface area contributed by atoms with Gasteiger partial charge in [0.25, 0.3) is 0 Å². The molecule has 0 radical (unpaired) electrons. The summed E-state index contributed by atoms with van der Waals surface area (Å²) in [5.74, 6) is -0.283. The van der Waals surface area contributed by atoms with Crippen molar-refractivity contribution in [2.75, 3.05) is 39.5 Å². The fourth-order valence-electron chi connectivity index (χ4n) is 1.43. The van der Waals surface area contributed by atoms with Crippen molar-refractivity contribution in [3.8, 4) is 0 Å². The van der Waals surface area contributed by atoms with Gasteiger partial charge in [-0.15, -0.1) is 0 Å². The first-order valence-corrected chi connectivity index (χ1v) is 5.93. The molecule has 0 aromatic heterocycles. The van der Waals surface area contributed by atoms with Crippen LogP contribution in [0.25, 0.3) is 0 Å². The first-order chi connectivity index (χ1) is 8.07. The van der Waals surface area contributed by atoms with Crippen molar-refractivity contribution in [2.45, 2.75) is 25.8 Å². The van der Waals surface area contributed by atoms with E-state index in [-0.39, 0.29) is 12.3 Å². The zero-order valence-corrected chi connectivity index (χ0v) is 10.6. The summed E-state index contributed by atoms with van der Waals surface area (Å²) in [6, 6.07) is 0. The molecule has 0 saturated heterocycles. The van der Waals surface area contributed by atoms with E-state index in [9.17, 15) is 4.79 Å². The number of hydrogen-bond acceptors (Lipinski definition) is 5. The van der Waals surface area contributed by atoms with Crippen molar-refractivity contribution < 1.29 is 20.1 Å². The van der Waals surface area contributed by atoms with Gasteiger partial charge in [-0.1, -0.05) is 13.8 Å². The first kappa shape index (κ1) is 16.3. The van der Waals surface area contributed by atoms with Crippen molar-refractivity contribution in [3.05, 3.63) is 0 Å². The Kier molecular flexibility index (Phi) is 8.07. The summed E-state index contributed by atoms with van der Waals surface area (Å²) in [5, 5.41) is 29.6. The van der Waals surface area contributed by atoms with Crippen LogP contribution in [0.2, 0.25) is 0 Å². The van der Waals surface area contributed by atoms with Crippen molar-refractivity contribution in [3.63, 3.8) is 0 Å². The normalized spacial score (nSPS) is 11.9. The highest BCUT2D eigenvalue weighted by molar-refractivity contribution is 5.77. The minimum atomic E-state index is -1.32. The van der Waals surface area contributed by atoms with E-state index in [2.05, 4.69) is 10.2 Å². The lowest BCUT2D eigenvalue weighted by molar-refractivity contribution is -0.125. The van der Waals surface area contributed by atoms with Crippen LogP contribution >= 0.6 is 0 Å². The molecule has 0 rings (SSSR count). The summed E-state index contributed by atoms with van der Waals surface area (Å²) in [6.07, 6.45) is 0.281. The maximum absolute atomic E-state index is 11.6. The third-order valence-corrected chi connectivity index (χ3v) is 2.86. The number of nitrogens with zero attached hydrogens (tertiary/aromatic N) is 1. The van der Waals surface area contributed by atoms with Crippen LogP contribution in [0.5, 0.6) is 0 Å². The van der Waals surface area contributed by atoms with Gasteiger partial charge in [0.05, 0.1) is 19.8 Å². The molecule has 0 aromatic rings. The molecule has 6 nitrogen and oxygen atoms in total. The minimum absolute atomic E-state index is 0.281. The smallest absolute Gasteiger partial charge is 0.221 e. The predicted molar refractivity (Wildman–Crippen MR) is 64.5 cm³/mol. The number of aliphatic hydroxyl groups is 3. The molecule has 0 aliphatic rings. The molecule has 0 unspecified atom stereocenters. The van der Waals surface area contributed by atoms with Gasteiger partial charge < -0.3 is 25.5 Å². The molecule has 102 valence electrons. The molecule has 6 heteroatoms. The molecule has 17 heavy (non-hydrogen) atoms. The van der Waals surface area contributed by atoms with Crippen LogP contribution in [-0.4, -0.2) is 71.1 Å². The summed E-state index contributed by atoms with van der Waals surface area (Å²) >= 11 is 0. The maximum atomic E-state index is 11.6. The monoisotopic (exact) mass is 248 g/mol. The number of nitrogens with one attached hydrogen (secondary N) is 1. The van der Waals surface area contributed by atoms with E-state index in [4.69, 9.17) is 15.3 Å². The van der Waals surface area contributed by atoms with Crippen LogP contribution in [0.15, 0.2) is 0 Å². The molecule has 0 aromatic carbocycles. The van der Waals surface area contributed by atoms with Gasteiger partial charge in [-0.05, 0) is 13.1 Å². The van der Waals surface area contributed by atoms with Crippen molar-refractivity contribution in [1.82, 2.24) is 10.2 Å². The van der Waals surface area contributed by atoms with Crippen LogP contribution < -0.4 is 5.32 Å². The van der Waals surface area contributed by atoms with Crippen molar-refractivity contribution in [1.29, 1.82) is 0 Å². The molecule has 0 bridgehead atoms. The third-order valence-electron chi connectivity index (χ3n) is 2.86. The van der Waals surface area contributed by atoms with Crippen LogP contribution in [-0.2, 0) is 4.79 Å². The highest BCUT2D eigenvalue weighted by Crippen LogP contribution is 2.02. The van der Waals surface area contributed by atoms with E-state index in [0.29, 0.717) is 6.54 Å². The molecule has 0 heterocycles. The fraction of sp³-hybridized carbons (Fsp3) is 0.909. The van der Waals surface area contributed by atoms with Crippen molar-refractivity contribution >= 4 is 5.91 Å². The summed E-state index contributed by atoms with van der Waals surface area (Å²) in [7, 11) is 0. The van der Waals surface area contributed by atoms with Gasteiger partial charge in [-0.25, -0.2) is 0 Å². The number of carbonyl (C=O) groups excluding carboxylic acids is 1. The van der Waals surface area contributed by atoms with E-state index in [1.165, 1.54) is 0 Å². The maximum Gasteiger partial charge on any atom is 0.221 e. The van der Waals surface area contributed by atoms with Crippen LogP contribution in [0.3, 0.4) is 0 Å². The summed E-state index contributed by atoms with van der Waals surface area (Å²) < 4.78 is 0. The number of aliphatic hydroxyl groups excluding tert-OH is 3. The number of carbonyl (C=O) groups is 1. The Morgan fingerprint density at radius 1 is 1.12 bits per heavy atom. The highest BCUT2D eigenvalue weighted by atomic mass is 16.3. The van der Waals surface area contributed by atoms with Crippen LogP contribution in [0.1, 0.15) is 20.3 Å².